The summed E-state index contributed by atoms with van der Waals surface area (Å²) in [7, 11) is 0. The molecule has 1 nitrogen and oxygen atoms in total. The van der Waals surface area contributed by atoms with E-state index in [2.05, 4.69) is 0 Å². The minimum Gasteiger partial charge on any atom is -0.384 e. The lowest BCUT2D eigenvalue weighted by Gasteiger charge is -2.36. The highest BCUT2D eigenvalue weighted by atomic mass is 35.5. The molecule has 0 bridgehead atoms. The molecule has 1 aliphatic rings. The van der Waals surface area contributed by atoms with Gasteiger partial charge in [-0.05, 0) is 12.8 Å². The summed E-state index contributed by atoms with van der Waals surface area (Å²) in [6.45, 7) is 0. The van der Waals surface area contributed by atoms with Crippen molar-refractivity contribution in [2.45, 2.75) is 42.3 Å². The monoisotopic (exact) mass is 200 g/mol. The predicted octanol–water partition coefficient (Wildman–Crippen LogP) is 2.78. The third kappa shape index (κ3) is 1.98. The van der Waals surface area contributed by atoms with Crippen LogP contribution in [0.15, 0.2) is 0 Å². The normalized spacial score (nSPS) is 25.1. The molecular weight excluding hydrogens is 190 g/mol. The van der Waals surface area contributed by atoms with Gasteiger partial charge in [0.1, 0.15) is 5.60 Å². The van der Waals surface area contributed by atoms with Gasteiger partial charge in [-0.25, -0.2) is 4.39 Å². The first-order valence-corrected chi connectivity index (χ1v) is 4.50. The smallest absolute Gasteiger partial charge is 0.285 e. The van der Waals surface area contributed by atoms with Crippen molar-refractivity contribution in [3.8, 4) is 0 Å². The summed E-state index contributed by atoms with van der Waals surface area (Å²) in [5.74, 6) is 0. The maximum Gasteiger partial charge on any atom is 0.285 e. The molecule has 0 aromatic rings. The molecule has 0 unspecified atom stereocenters. The lowest BCUT2D eigenvalue weighted by atomic mass is 9.85. The van der Waals surface area contributed by atoms with E-state index in [9.17, 15) is 9.50 Å². The van der Waals surface area contributed by atoms with E-state index in [1.165, 1.54) is 0 Å². The Morgan fingerprint density at radius 1 is 1.18 bits per heavy atom. The Kier molecular flexibility index (Phi) is 2.67. The zero-order chi connectivity index (χ0) is 8.54. The molecule has 66 valence electrons. The molecule has 0 spiro atoms. The van der Waals surface area contributed by atoms with Crippen LogP contribution in [0, 0.1) is 0 Å². The molecule has 1 rings (SSSR count). The summed E-state index contributed by atoms with van der Waals surface area (Å²) in [4.78, 5) is 0. The van der Waals surface area contributed by atoms with Crippen molar-refractivity contribution in [3.63, 3.8) is 0 Å². The van der Waals surface area contributed by atoms with Crippen LogP contribution in [0.1, 0.15) is 32.1 Å². The van der Waals surface area contributed by atoms with Crippen LogP contribution in [-0.4, -0.2) is 15.3 Å². The number of rotatable bonds is 1. The van der Waals surface area contributed by atoms with Crippen LogP contribution in [-0.2, 0) is 0 Å². The summed E-state index contributed by atoms with van der Waals surface area (Å²) < 4.78 is 10.4. The van der Waals surface area contributed by atoms with Crippen LogP contribution in [0.2, 0.25) is 0 Å². The standard InChI is InChI=1S/C7H11Cl2FO/c8-7(9,10)6(11)4-2-1-3-5-6/h11H,1-5H2. The van der Waals surface area contributed by atoms with Crippen LogP contribution < -0.4 is 0 Å². The molecular formula is C7H11Cl2FO. The second-order valence-electron chi connectivity index (χ2n) is 3.09. The molecule has 11 heavy (non-hydrogen) atoms. The lowest BCUT2D eigenvalue weighted by Crippen LogP contribution is -2.44. The van der Waals surface area contributed by atoms with E-state index in [1.54, 1.807) is 0 Å². The van der Waals surface area contributed by atoms with Gasteiger partial charge in [-0.3, -0.25) is 0 Å². The molecule has 0 aliphatic heterocycles. The van der Waals surface area contributed by atoms with Crippen LogP contribution in [0.5, 0.6) is 0 Å². The van der Waals surface area contributed by atoms with Crippen LogP contribution >= 0.6 is 23.2 Å². The first-order chi connectivity index (χ1) is 4.96. The van der Waals surface area contributed by atoms with E-state index in [1.807, 2.05) is 0 Å². The van der Waals surface area contributed by atoms with E-state index in [4.69, 9.17) is 23.2 Å². The lowest BCUT2D eigenvalue weighted by molar-refractivity contribution is -0.0497. The van der Waals surface area contributed by atoms with Crippen molar-refractivity contribution in [3.05, 3.63) is 0 Å². The van der Waals surface area contributed by atoms with Crippen LogP contribution in [0.3, 0.4) is 0 Å². The van der Waals surface area contributed by atoms with E-state index in [-0.39, 0.29) is 0 Å². The average molecular weight is 201 g/mol. The van der Waals surface area contributed by atoms with Gasteiger partial charge in [0, 0.05) is 0 Å². The number of hydrogen-bond acceptors (Lipinski definition) is 1. The average Bonchev–Trinajstić information content (AvgIpc) is 1.87. The highest BCUT2D eigenvalue weighted by Crippen LogP contribution is 2.44. The molecule has 0 amide bonds. The van der Waals surface area contributed by atoms with Gasteiger partial charge in [-0.1, -0.05) is 42.5 Å². The third-order valence-corrected chi connectivity index (χ3v) is 2.91. The Balaban J connectivity index is 2.64. The van der Waals surface area contributed by atoms with Gasteiger partial charge in [0.25, 0.3) is 4.59 Å². The molecule has 1 aliphatic carbocycles. The highest BCUT2D eigenvalue weighted by Gasteiger charge is 2.49. The van der Waals surface area contributed by atoms with Crippen molar-refractivity contribution in [1.29, 1.82) is 0 Å². The zero-order valence-corrected chi connectivity index (χ0v) is 7.63. The Morgan fingerprint density at radius 2 is 1.64 bits per heavy atom. The summed E-state index contributed by atoms with van der Waals surface area (Å²) in [6.07, 6.45) is 3.32. The first-order valence-electron chi connectivity index (χ1n) is 3.75. The topological polar surface area (TPSA) is 20.2 Å². The van der Waals surface area contributed by atoms with Crippen molar-refractivity contribution in [1.82, 2.24) is 0 Å². The van der Waals surface area contributed by atoms with E-state index in [0.29, 0.717) is 12.8 Å². The van der Waals surface area contributed by atoms with Crippen LogP contribution in [0.25, 0.3) is 0 Å². The van der Waals surface area contributed by atoms with Gasteiger partial charge in [0.15, 0.2) is 0 Å². The summed E-state index contributed by atoms with van der Waals surface area (Å²) >= 11 is 10.4. The quantitative estimate of drug-likeness (QED) is 0.646. The maximum atomic E-state index is 12.9. The molecule has 0 atom stereocenters. The molecule has 0 aromatic heterocycles. The summed E-state index contributed by atoms with van der Waals surface area (Å²) in [5.41, 5.74) is -1.52. The fraction of sp³-hybridized carbons (Fsp3) is 1.00. The second kappa shape index (κ2) is 3.08. The van der Waals surface area contributed by atoms with Crippen molar-refractivity contribution in [2.75, 3.05) is 0 Å². The Labute approximate surface area is 75.5 Å². The zero-order valence-electron chi connectivity index (χ0n) is 6.12. The Bertz CT molecular complexity index is 138. The SMILES string of the molecule is OC1(C(F)(Cl)Cl)CCCCC1. The second-order valence-corrected chi connectivity index (χ2v) is 4.33. The molecule has 0 heterocycles. The van der Waals surface area contributed by atoms with Crippen molar-refractivity contribution in [2.24, 2.45) is 0 Å². The van der Waals surface area contributed by atoms with E-state index in [0.717, 1.165) is 19.3 Å². The number of halogens is 3. The molecule has 1 saturated carbocycles. The molecule has 0 saturated heterocycles. The Hall–Kier alpha value is 0.470. The highest BCUT2D eigenvalue weighted by molar-refractivity contribution is 6.47. The van der Waals surface area contributed by atoms with Gasteiger partial charge in [-0.2, -0.15) is 0 Å². The number of alkyl halides is 3. The fourth-order valence-electron chi connectivity index (χ4n) is 1.42. The molecule has 4 heteroatoms. The summed E-state index contributed by atoms with van der Waals surface area (Å²) in [5, 5.41) is 9.57. The maximum absolute atomic E-state index is 12.9. The van der Waals surface area contributed by atoms with E-state index >= 15 is 0 Å². The third-order valence-electron chi connectivity index (χ3n) is 2.21. The van der Waals surface area contributed by atoms with Crippen molar-refractivity contribution >= 4 is 23.2 Å². The first kappa shape index (κ1) is 9.56. The molecule has 1 fully saturated rings. The van der Waals surface area contributed by atoms with Gasteiger partial charge >= 0.3 is 0 Å². The Morgan fingerprint density at radius 3 is 1.91 bits per heavy atom. The molecule has 0 aromatic carbocycles. The minimum absolute atomic E-state index is 0.358. The van der Waals surface area contributed by atoms with Gasteiger partial charge in [0.05, 0.1) is 0 Å². The van der Waals surface area contributed by atoms with E-state index < -0.39 is 10.2 Å². The van der Waals surface area contributed by atoms with Crippen molar-refractivity contribution < 1.29 is 9.50 Å². The van der Waals surface area contributed by atoms with Gasteiger partial charge < -0.3 is 5.11 Å². The largest absolute Gasteiger partial charge is 0.384 e. The van der Waals surface area contributed by atoms with Gasteiger partial charge in [0.2, 0.25) is 0 Å². The fourth-order valence-corrected chi connectivity index (χ4v) is 1.80. The molecule has 0 radical (unpaired) electrons. The molecule has 1 N–H and O–H groups in total. The number of aliphatic hydroxyl groups is 1. The number of hydrogen-bond donors (Lipinski definition) is 1. The minimum atomic E-state index is -2.49. The van der Waals surface area contributed by atoms with Gasteiger partial charge in [-0.15, -0.1) is 0 Å². The predicted molar refractivity (Wildman–Crippen MR) is 43.6 cm³/mol. The summed E-state index contributed by atoms with van der Waals surface area (Å²) in [6, 6.07) is 0. The van der Waals surface area contributed by atoms with Crippen LogP contribution in [0.4, 0.5) is 4.39 Å².